The molecule has 0 saturated heterocycles. The van der Waals surface area contributed by atoms with Crippen LogP contribution < -0.4 is 4.74 Å². The fourth-order valence-corrected chi connectivity index (χ4v) is 2.00. The van der Waals surface area contributed by atoms with E-state index in [1.165, 1.54) is 0 Å². The molecule has 3 aromatic rings. The molecule has 118 valence electrons. The summed E-state index contributed by atoms with van der Waals surface area (Å²) in [4.78, 5) is 0. The summed E-state index contributed by atoms with van der Waals surface area (Å²) in [5.41, 5.74) is -0.600. The van der Waals surface area contributed by atoms with E-state index in [2.05, 4.69) is 14.9 Å². The van der Waals surface area contributed by atoms with Gasteiger partial charge in [0.2, 0.25) is 17.5 Å². The Morgan fingerprint density at radius 2 is 1.39 bits per heavy atom. The molecule has 0 radical (unpaired) electrons. The summed E-state index contributed by atoms with van der Waals surface area (Å²) in [6.45, 7) is 0. The number of hydrogen-bond acceptors (Lipinski definition) is 4. The van der Waals surface area contributed by atoms with Crippen LogP contribution in [0.5, 0.6) is 5.75 Å². The monoisotopic (exact) mass is 324 g/mol. The third-order valence-electron chi connectivity index (χ3n) is 3.09. The highest BCUT2D eigenvalue weighted by Gasteiger charge is 2.30. The summed E-state index contributed by atoms with van der Waals surface area (Å²) in [6.07, 6.45) is 0. The van der Waals surface area contributed by atoms with E-state index in [4.69, 9.17) is 4.42 Å². The maximum Gasteiger partial charge on any atom is 0.254 e. The Balaban J connectivity index is 2.15. The third-order valence-corrected chi connectivity index (χ3v) is 3.09. The number of aromatic nitrogens is 2. The smallest absolute Gasteiger partial charge is 0.254 e. The molecule has 23 heavy (non-hydrogen) atoms. The molecule has 3 rings (SSSR count). The second kappa shape index (κ2) is 5.71. The van der Waals surface area contributed by atoms with Crippen LogP contribution in [-0.2, 0) is 0 Å². The minimum Gasteiger partial charge on any atom is -0.491 e. The molecule has 0 saturated carbocycles. The first kappa shape index (κ1) is 15.0. The van der Waals surface area contributed by atoms with E-state index in [9.17, 15) is 17.6 Å². The Morgan fingerprint density at radius 3 is 1.96 bits per heavy atom. The van der Waals surface area contributed by atoms with Crippen LogP contribution in [0.15, 0.2) is 34.7 Å². The van der Waals surface area contributed by atoms with Crippen LogP contribution in [0.25, 0.3) is 22.9 Å². The molecule has 0 aliphatic rings. The molecule has 0 fully saturated rings. The number of methoxy groups -OCH3 is 1. The number of nitrogens with zero attached hydrogens (tertiary/aromatic N) is 2. The minimum absolute atomic E-state index is 0.0453. The van der Waals surface area contributed by atoms with Gasteiger partial charge in [-0.1, -0.05) is 18.2 Å². The molecule has 0 unspecified atom stereocenters. The normalized spacial score (nSPS) is 10.8. The molecule has 0 spiro atoms. The van der Waals surface area contributed by atoms with Crippen molar-refractivity contribution in [2.24, 2.45) is 0 Å². The molecule has 4 nitrogen and oxygen atoms in total. The molecular formula is C15H8F4N2O2. The van der Waals surface area contributed by atoms with Gasteiger partial charge in [-0.05, 0) is 12.1 Å². The fraction of sp³-hybridized carbons (Fsp3) is 0.0667. The lowest BCUT2D eigenvalue weighted by Crippen LogP contribution is -2.03. The molecule has 2 aromatic carbocycles. The van der Waals surface area contributed by atoms with Gasteiger partial charge in [0, 0.05) is 5.56 Å². The molecule has 1 aromatic heterocycles. The topological polar surface area (TPSA) is 48.2 Å². The second-order valence-corrected chi connectivity index (χ2v) is 4.44. The summed E-state index contributed by atoms with van der Waals surface area (Å²) in [5, 5.41) is 7.07. The van der Waals surface area contributed by atoms with E-state index in [-0.39, 0.29) is 5.89 Å². The van der Waals surface area contributed by atoms with Gasteiger partial charge in [-0.25, -0.2) is 8.78 Å². The van der Waals surface area contributed by atoms with Gasteiger partial charge in [-0.2, -0.15) is 8.78 Å². The van der Waals surface area contributed by atoms with E-state index in [1.54, 1.807) is 30.3 Å². The molecule has 0 aliphatic carbocycles. The van der Waals surface area contributed by atoms with Crippen LogP contribution in [0.1, 0.15) is 0 Å². The van der Waals surface area contributed by atoms with Crippen molar-refractivity contribution in [3.05, 3.63) is 53.6 Å². The van der Waals surface area contributed by atoms with E-state index in [1.807, 2.05) is 0 Å². The van der Waals surface area contributed by atoms with Crippen LogP contribution in [0.3, 0.4) is 0 Å². The fourth-order valence-electron chi connectivity index (χ4n) is 2.00. The third kappa shape index (κ3) is 2.41. The van der Waals surface area contributed by atoms with E-state index < -0.39 is 40.5 Å². The molecule has 0 N–H and O–H groups in total. The second-order valence-electron chi connectivity index (χ2n) is 4.44. The van der Waals surface area contributed by atoms with Crippen LogP contribution in [-0.4, -0.2) is 17.3 Å². The molecule has 0 bridgehead atoms. The Kier molecular flexibility index (Phi) is 3.73. The van der Waals surface area contributed by atoms with Crippen molar-refractivity contribution in [1.82, 2.24) is 10.2 Å². The Labute approximate surface area is 127 Å². The number of ether oxygens (including phenoxy) is 1. The zero-order valence-electron chi connectivity index (χ0n) is 11.6. The average Bonchev–Trinajstić information content (AvgIpc) is 3.04. The van der Waals surface area contributed by atoms with Gasteiger partial charge in [0.15, 0.2) is 17.4 Å². The first-order valence-electron chi connectivity index (χ1n) is 6.33. The van der Waals surface area contributed by atoms with Crippen molar-refractivity contribution < 1.29 is 26.7 Å². The zero-order valence-corrected chi connectivity index (χ0v) is 11.6. The summed E-state index contributed by atoms with van der Waals surface area (Å²) in [5.74, 6) is -8.60. The van der Waals surface area contributed by atoms with Gasteiger partial charge in [0.25, 0.3) is 5.89 Å². The van der Waals surface area contributed by atoms with Crippen LogP contribution in [0, 0.1) is 23.3 Å². The highest BCUT2D eigenvalue weighted by molar-refractivity contribution is 5.60. The maximum absolute atomic E-state index is 14.0. The molecule has 8 heteroatoms. The van der Waals surface area contributed by atoms with Crippen LogP contribution in [0.4, 0.5) is 17.6 Å². The van der Waals surface area contributed by atoms with Gasteiger partial charge < -0.3 is 9.15 Å². The average molecular weight is 324 g/mol. The van der Waals surface area contributed by atoms with Crippen molar-refractivity contribution in [2.75, 3.05) is 7.11 Å². The first-order chi connectivity index (χ1) is 11.0. The van der Waals surface area contributed by atoms with Crippen LogP contribution in [0.2, 0.25) is 0 Å². The number of hydrogen-bond donors (Lipinski definition) is 0. The number of rotatable bonds is 3. The SMILES string of the molecule is COc1c(F)c(F)c(-c2nnc(-c3ccccc3)o2)c(F)c1F. The van der Waals surface area contributed by atoms with Crippen molar-refractivity contribution in [3.8, 4) is 28.7 Å². The molecule has 0 aliphatic heterocycles. The Bertz CT molecular complexity index is 836. The largest absolute Gasteiger partial charge is 0.491 e. The van der Waals surface area contributed by atoms with Gasteiger partial charge in [-0.3, -0.25) is 0 Å². The van der Waals surface area contributed by atoms with Gasteiger partial charge in [0.05, 0.1) is 7.11 Å². The zero-order chi connectivity index (χ0) is 16.6. The van der Waals surface area contributed by atoms with E-state index in [0.717, 1.165) is 7.11 Å². The predicted octanol–water partition coefficient (Wildman–Crippen LogP) is 3.97. The number of benzene rings is 2. The first-order valence-corrected chi connectivity index (χ1v) is 6.33. The molecule has 0 atom stereocenters. The van der Waals surface area contributed by atoms with Crippen LogP contribution >= 0.6 is 0 Å². The summed E-state index contributed by atoms with van der Waals surface area (Å²) >= 11 is 0. The maximum atomic E-state index is 14.0. The molecule has 1 heterocycles. The Hall–Kier alpha value is -2.90. The van der Waals surface area contributed by atoms with Gasteiger partial charge in [-0.15, -0.1) is 10.2 Å². The van der Waals surface area contributed by atoms with Gasteiger partial charge >= 0.3 is 0 Å². The minimum atomic E-state index is -1.68. The highest BCUT2D eigenvalue weighted by atomic mass is 19.2. The van der Waals surface area contributed by atoms with Crippen molar-refractivity contribution in [1.29, 1.82) is 0 Å². The standard InChI is InChI=1S/C15H8F4N2O2/c1-22-13-11(18)9(16)8(10(17)12(13)19)15-21-20-14(23-15)7-5-3-2-4-6-7/h2-6H,1H3. The van der Waals surface area contributed by atoms with Gasteiger partial charge in [0.1, 0.15) is 5.56 Å². The van der Waals surface area contributed by atoms with Crippen molar-refractivity contribution in [3.63, 3.8) is 0 Å². The van der Waals surface area contributed by atoms with Crippen molar-refractivity contribution >= 4 is 0 Å². The summed E-state index contributed by atoms with van der Waals surface area (Å²) in [7, 11) is 0.889. The number of halogens is 4. The lowest BCUT2D eigenvalue weighted by molar-refractivity contribution is 0.333. The van der Waals surface area contributed by atoms with E-state index >= 15 is 0 Å². The lowest BCUT2D eigenvalue weighted by Gasteiger charge is -2.08. The Morgan fingerprint density at radius 1 is 0.826 bits per heavy atom. The predicted molar refractivity (Wildman–Crippen MR) is 71.6 cm³/mol. The molecule has 0 amide bonds. The van der Waals surface area contributed by atoms with Crippen molar-refractivity contribution in [2.45, 2.75) is 0 Å². The van der Waals surface area contributed by atoms with E-state index in [0.29, 0.717) is 5.56 Å². The summed E-state index contributed by atoms with van der Waals surface area (Å²) < 4.78 is 64.9. The molecular weight excluding hydrogens is 316 g/mol. The highest BCUT2D eigenvalue weighted by Crippen LogP contribution is 2.35. The lowest BCUT2D eigenvalue weighted by atomic mass is 10.1. The quantitative estimate of drug-likeness (QED) is 0.540. The summed E-state index contributed by atoms with van der Waals surface area (Å²) in [6, 6.07) is 8.37.